The van der Waals surface area contributed by atoms with Crippen LogP contribution in [0.15, 0.2) is 33.4 Å². The molecule has 0 saturated heterocycles. The molecule has 0 bridgehead atoms. The van der Waals surface area contributed by atoms with Crippen molar-refractivity contribution in [2.45, 2.75) is 69.2 Å². The largest absolute Gasteiger partial charge is 4.00 e. The smallest absolute Gasteiger partial charge is 0.358 e. The average molecular weight is 392 g/mol. The van der Waals surface area contributed by atoms with Gasteiger partial charge in [-0.05, 0) is 0 Å². The van der Waals surface area contributed by atoms with Gasteiger partial charge in [-0.2, -0.15) is 22.3 Å². The van der Waals surface area contributed by atoms with Crippen molar-refractivity contribution in [1.29, 1.82) is 0 Å². The van der Waals surface area contributed by atoms with Gasteiger partial charge in [0.15, 0.2) is 0 Å². The van der Waals surface area contributed by atoms with Gasteiger partial charge in [0, 0.05) is 0 Å². The minimum absolute atomic E-state index is 0. The van der Waals surface area contributed by atoms with Crippen molar-refractivity contribution in [3.8, 4) is 0 Å². The second kappa shape index (κ2) is 9.36. The van der Waals surface area contributed by atoms with Crippen molar-refractivity contribution < 1.29 is 26.2 Å². The summed E-state index contributed by atoms with van der Waals surface area (Å²) in [6, 6.07) is 0. The first-order valence-corrected chi connectivity index (χ1v) is 7.50. The zero-order valence-corrected chi connectivity index (χ0v) is 20.0. The number of rotatable bonds is 0. The van der Waals surface area contributed by atoms with Crippen LogP contribution in [0.25, 0.3) is 0 Å². The molecule has 0 nitrogen and oxygen atoms in total. The molecule has 0 aromatic rings. The Morgan fingerprint density at radius 1 is 0.565 bits per heavy atom. The molecule has 0 aliphatic heterocycles. The van der Waals surface area contributed by atoms with Gasteiger partial charge in [-0.25, -0.2) is 11.1 Å². The van der Waals surface area contributed by atoms with E-state index in [1.165, 1.54) is 33.4 Å². The standard InChI is InChI=1S/2C10H15.2CH3.Zr/c2*1-7-6-10(4,5)9(3)8(7)2;;;/h2*1-5H3;2*1H3;/q4*-1;+4. The van der Waals surface area contributed by atoms with Crippen LogP contribution in [0.3, 0.4) is 0 Å². The van der Waals surface area contributed by atoms with Gasteiger partial charge in [0.05, 0.1) is 0 Å². The van der Waals surface area contributed by atoms with Crippen LogP contribution >= 0.6 is 0 Å². The fourth-order valence-corrected chi connectivity index (χ4v) is 2.81. The summed E-state index contributed by atoms with van der Waals surface area (Å²) in [4.78, 5) is 0. The zero-order chi connectivity index (χ0) is 15.9. The monoisotopic (exact) mass is 390 g/mol. The maximum absolute atomic E-state index is 3.44. The van der Waals surface area contributed by atoms with Crippen molar-refractivity contribution in [2.75, 3.05) is 0 Å². The summed E-state index contributed by atoms with van der Waals surface area (Å²) in [5, 5.41) is 0. The molecule has 2 aliphatic carbocycles. The van der Waals surface area contributed by atoms with Crippen molar-refractivity contribution in [1.82, 2.24) is 0 Å². The molecule has 0 unspecified atom stereocenters. The fraction of sp³-hybridized carbons (Fsp3) is 0.545. The van der Waals surface area contributed by atoms with Gasteiger partial charge in [0.25, 0.3) is 0 Å². The third kappa shape index (κ3) is 6.01. The Balaban J connectivity index is -0.000000308. The second-order valence-corrected chi connectivity index (χ2v) is 7.25. The molecule has 0 aromatic heterocycles. The molecule has 0 N–H and O–H groups in total. The van der Waals surface area contributed by atoms with Crippen LogP contribution < -0.4 is 0 Å². The minimum Gasteiger partial charge on any atom is -0.358 e. The Morgan fingerprint density at radius 2 is 0.783 bits per heavy atom. The van der Waals surface area contributed by atoms with Crippen LogP contribution in [0.1, 0.15) is 69.2 Å². The maximum Gasteiger partial charge on any atom is 4.00 e. The summed E-state index contributed by atoms with van der Waals surface area (Å²) < 4.78 is 0. The van der Waals surface area contributed by atoms with E-state index in [4.69, 9.17) is 0 Å². The van der Waals surface area contributed by atoms with E-state index in [2.05, 4.69) is 81.4 Å². The average Bonchev–Trinajstić information content (AvgIpc) is 2.60. The summed E-state index contributed by atoms with van der Waals surface area (Å²) in [6.45, 7) is 21.8. The molecule has 128 valence electrons. The first kappa shape index (κ1) is 27.7. The molecule has 0 aromatic carbocycles. The molecule has 2 rings (SSSR count). The zero-order valence-electron chi connectivity index (χ0n) is 17.5. The molecule has 0 spiro atoms. The van der Waals surface area contributed by atoms with E-state index < -0.39 is 0 Å². The van der Waals surface area contributed by atoms with Gasteiger partial charge in [0.1, 0.15) is 0 Å². The van der Waals surface area contributed by atoms with E-state index in [-0.39, 0.29) is 51.9 Å². The van der Waals surface area contributed by atoms with Crippen LogP contribution in [0.2, 0.25) is 0 Å². The normalized spacial score (nSPS) is 20.4. The Hall–Kier alpha value is -0.157. The molecule has 0 amide bonds. The number of allylic oxidation sites excluding steroid dienone is 8. The fourth-order valence-electron chi connectivity index (χ4n) is 2.81. The Labute approximate surface area is 166 Å². The molecular weight excluding hydrogens is 355 g/mol. The predicted octanol–water partition coefficient (Wildman–Crippen LogP) is 7.12. The third-order valence-corrected chi connectivity index (χ3v) is 5.12. The van der Waals surface area contributed by atoms with E-state index in [1.54, 1.807) is 0 Å². The summed E-state index contributed by atoms with van der Waals surface area (Å²) in [7, 11) is 0. The minimum atomic E-state index is 0. The van der Waals surface area contributed by atoms with Gasteiger partial charge in [-0.15, -0.1) is 13.8 Å². The van der Waals surface area contributed by atoms with Crippen LogP contribution in [0.5, 0.6) is 0 Å². The number of hydrogen-bond donors (Lipinski definition) is 0. The SMILES string of the molecule is CC1=[C-]C(C)(C)C(C)=C1C.CC1=[C-]C(C)(C)C(C)=C1C.[CH3-].[CH3-].[Zr+4]. The van der Waals surface area contributed by atoms with Gasteiger partial charge in [-0.1, -0.05) is 66.2 Å². The molecule has 0 radical (unpaired) electrons. The van der Waals surface area contributed by atoms with Crippen LogP contribution in [-0.2, 0) is 26.2 Å². The van der Waals surface area contributed by atoms with Crippen molar-refractivity contribution in [2.24, 2.45) is 10.8 Å². The van der Waals surface area contributed by atoms with Gasteiger partial charge in [-0.3, -0.25) is 12.2 Å². The predicted molar refractivity (Wildman–Crippen MR) is 102 cm³/mol. The van der Waals surface area contributed by atoms with E-state index in [9.17, 15) is 0 Å². The molecule has 0 atom stereocenters. The van der Waals surface area contributed by atoms with Crippen LogP contribution in [-0.4, -0.2) is 0 Å². The Morgan fingerprint density at radius 3 is 0.826 bits per heavy atom. The summed E-state index contributed by atoms with van der Waals surface area (Å²) >= 11 is 0. The molecule has 1 heteroatoms. The van der Waals surface area contributed by atoms with E-state index in [0.717, 1.165) is 0 Å². The first-order valence-electron chi connectivity index (χ1n) is 7.50. The third-order valence-electron chi connectivity index (χ3n) is 5.12. The molecule has 0 heterocycles. The van der Waals surface area contributed by atoms with Gasteiger partial charge < -0.3 is 14.9 Å². The van der Waals surface area contributed by atoms with Crippen molar-refractivity contribution in [3.63, 3.8) is 0 Å². The molecule has 0 fully saturated rings. The van der Waals surface area contributed by atoms with E-state index in [0.29, 0.717) is 0 Å². The van der Waals surface area contributed by atoms with Crippen LogP contribution in [0.4, 0.5) is 0 Å². The molecule has 0 saturated carbocycles. The Kier molecular flexibility index (Phi) is 11.3. The maximum atomic E-state index is 3.44. The second-order valence-electron chi connectivity index (χ2n) is 7.25. The molecular formula is C22H36Zr. The molecule has 2 aliphatic rings. The van der Waals surface area contributed by atoms with Crippen molar-refractivity contribution >= 4 is 0 Å². The quantitative estimate of drug-likeness (QED) is 0.385. The van der Waals surface area contributed by atoms with Gasteiger partial charge >= 0.3 is 26.2 Å². The first-order chi connectivity index (χ1) is 8.90. The van der Waals surface area contributed by atoms with Crippen molar-refractivity contribution in [3.05, 3.63) is 60.4 Å². The Bertz CT molecular complexity index is 484. The summed E-state index contributed by atoms with van der Waals surface area (Å²) in [5.41, 5.74) is 8.79. The summed E-state index contributed by atoms with van der Waals surface area (Å²) in [6.07, 6.45) is 6.87. The topological polar surface area (TPSA) is 0 Å². The molecule has 23 heavy (non-hydrogen) atoms. The van der Waals surface area contributed by atoms with E-state index in [1.807, 2.05) is 0 Å². The van der Waals surface area contributed by atoms with E-state index >= 15 is 0 Å². The van der Waals surface area contributed by atoms with Gasteiger partial charge in [0.2, 0.25) is 0 Å². The van der Waals surface area contributed by atoms with Crippen LogP contribution in [0, 0.1) is 37.8 Å². The number of hydrogen-bond acceptors (Lipinski definition) is 0. The summed E-state index contributed by atoms with van der Waals surface area (Å²) in [5.74, 6) is 0.